The maximum Gasteiger partial charge on any atom is 0.353 e. The van der Waals surface area contributed by atoms with Crippen molar-refractivity contribution in [1.82, 2.24) is 40.6 Å². The lowest BCUT2D eigenvalue weighted by atomic mass is 9.73. The number of likely N-dealkylation sites (tertiary alicyclic amines) is 1. The Morgan fingerprint density at radius 1 is 1.24 bits per heavy atom. The van der Waals surface area contributed by atoms with Crippen LogP contribution in [0.4, 0.5) is 0 Å². The number of amides is 2. The molecule has 1 aromatic heterocycles. The van der Waals surface area contributed by atoms with Crippen molar-refractivity contribution in [2.24, 2.45) is 23.2 Å². The van der Waals surface area contributed by atoms with Gasteiger partial charge in [-0.15, -0.1) is 16.9 Å². The zero-order valence-corrected chi connectivity index (χ0v) is 24.3. The molecule has 4 fully saturated rings. The summed E-state index contributed by atoms with van der Waals surface area (Å²) < 4.78 is 1.35. The third-order valence-corrected chi connectivity index (χ3v) is 11.3. The number of Topliss-reactive ketones (excluding diaryl/α,β-unsaturated/α-hetero) is 1. The van der Waals surface area contributed by atoms with Crippen LogP contribution in [0.5, 0.6) is 0 Å². The molecule has 1 spiro atoms. The molecule has 14 heteroatoms. The number of carbonyl (C=O) groups excluding carboxylic acids is 3. The van der Waals surface area contributed by atoms with Crippen molar-refractivity contribution < 1.29 is 24.3 Å². The summed E-state index contributed by atoms with van der Waals surface area (Å²) in [6.07, 6.45) is 5.47. The van der Waals surface area contributed by atoms with E-state index in [-0.39, 0.29) is 70.8 Å². The summed E-state index contributed by atoms with van der Waals surface area (Å²) in [7, 11) is 0. The molecule has 0 bridgehead atoms. The molecular formula is C27H38N8O5S. The smallest absolute Gasteiger partial charge is 0.353 e. The number of nitrogens with zero attached hydrogens (tertiary/aromatic N) is 6. The second-order valence-corrected chi connectivity index (χ2v) is 13.8. The molecule has 3 N–H and O–H groups in total. The first-order chi connectivity index (χ1) is 19.7. The van der Waals surface area contributed by atoms with Crippen molar-refractivity contribution >= 4 is 35.3 Å². The first-order valence-corrected chi connectivity index (χ1v) is 15.5. The number of ketones is 1. The minimum Gasteiger partial charge on any atom is -0.477 e. The molecule has 222 valence electrons. The summed E-state index contributed by atoms with van der Waals surface area (Å²) in [5, 5.41) is 27.8. The van der Waals surface area contributed by atoms with Crippen molar-refractivity contribution in [2.75, 3.05) is 32.7 Å². The molecule has 5 aliphatic heterocycles. The van der Waals surface area contributed by atoms with E-state index < -0.39 is 11.9 Å². The van der Waals surface area contributed by atoms with Crippen LogP contribution in [0.1, 0.15) is 46.0 Å². The molecule has 5 aliphatic rings. The van der Waals surface area contributed by atoms with Gasteiger partial charge >= 0.3 is 5.97 Å². The van der Waals surface area contributed by atoms with Crippen LogP contribution in [0.25, 0.3) is 0 Å². The highest BCUT2D eigenvalue weighted by atomic mass is 32.2. The van der Waals surface area contributed by atoms with E-state index in [1.165, 1.54) is 27.7 Å². The van der Waals surface area contributed by atoms with Gasteiger partial charge in [-0.25, -0.2) is 9.48 Å². The molecule has 4 saturated heterocycles. The topological polar surface area (TPSA) is 163 Å². The predicted octanol–water partition coefficient (Wildman–Crippen LogP) is 0.107. The van der Waals surface area contributed by atoms with E-state index in [2.05, 4.69) is 26.2 Å². The van der Waals surface area contributed by atoms with E-state index in [4.69, 9.17) is 0 Å². The van der Waals surface area contributed by atoms with Crippen LogP contribution >= 0.6 is 11.8 Å². The number of hydrogen-bond acceptors (Lipinski definition) is 10. The fourth-order valence-corrected chi connectivity index (χ4v) is 9.10. The Labute approximate surface area is 242 Å². The molecule has 0 aliphatic carbocycles. The number of rotatable bonds is 9. The van der Waals surface area contributed by atoms with Crippen LogP contribution < -0.4 is 10.6 Å². The molecule has 2 amide bonds. The number of aliphatic carboxylic acids is 1. The highest BCUT2D eigenvalue weighted by Crippen LogP contribution is 2.53. The molecule has 6 heterocycles. The summed E-state index contributed by atoms with van der Waals surface area (Å²) in [5.41, 5.74) is 0.309. The second kappa shape index (κ2) is 11.1. The zero-order valence-electron chi connectivity index (χ0n) is 23.5. The average Bonchev–Trinajstić information content (AvgIpc) is 3.73. The van der Waals surface area contributed by atoms with Gasteiger partial charge in [0.2, 0.25) is 11.8 Å². The minimum atomic E-state index is -1.11. The van der Waals surface area contributed by atoms with Gasteiger partial charge in [-0.05, 0) is 60.5 Å². The monoisotopic (exact) mass is 586 g/mol. The Morgan fingerprint density at radius 2 is 2.02 bits per heavy atom. The molecule has 0 radical (unpaired) electrons. The van der Waals surface area contributed by atoms with Gasteiger partial charge in [0.25, 0.3) is 0 Å². The predicted molar refractivity (Wildman–Crippen MR) is 148 cm³/mol. The lowest BCUT2D eigenvalue weighted by Gasteiger charge is -2.47. The van der Waals surface area contributed by atoms with Crippen LogP contribution in [0, 0.1) is 23.2 Å². The Bertz CT molecular complexity index is 1250. The molecule has 0 aromatic carbocycles. The normalized spacial score (nSPS) is 31.5. The molecule has 6 atom stereocenters. The van der Waals surface area contributed by atoms with Crippen LogP contribution in [-0.4, -0.2) is 109 Å². The van der Waals surface area contributed by atoms with Crippen molar-refractivity contribution in [3.8, 4) is 0 Å². The molecule has 13 nitrogen and oxygen atoms in total. The van der Waals surface area contributed by atoms with E-state index in [1.54, 1.807) is 0 Å². The number of nitrogens with one attached hydrogen (secondary N) is 2. The maximum atomic E-state index is 13.4. The van der Waals surface area contributed by atoms with Gasteiger partial charge in [-0.3, -0.25) is 14.4 Å². The Balaban J connectivity index is 1.08. The number of piperidine rings is 1. The van der Waals surface area contributed by atoms with Gasteiger partial charge < -0.3 is 25.5 Å². The Morgan fingerprint density at radius 3 is 2.73 bits per heavy atom. The average molecular weight is 587 g/mol. The SMILES string of the molecule is C[C@@H](CC(=O)Cn1cnnn1)[C@H]1C(=O)N2C(C(=O)O)=C(S[C@@H]3CN[C@H](C(=O)N4CCC5(CCNCC5)C4)C3)[C@H](C)[C@H]12. The fraction of sp³-hybridized carbons (Fsp3) is 0.741. The summed E-state index contributed by atoms with van der Waals surface area (Å²) >= 11 is 1.50. The number of thioether (sulfide) groups is 1. The summed E-state index contributed by atoms with van der Waals surface area (Å²) in [6, 6.07) is -0.558. The molecule has 41 heavy (non-hydrogen) atoms. The number of β-lactam (4-membered cyclic amide) rings is 1. The third-order valence-electron chi connectivity index (χ3n) is 9.78. The highest BCUT2D eigenvalue weighted by molar-refractivity contribution is 8.03. The quantitative estimate of drug-likeness (QED) is 0.337. The molecule has 6 rings (SSSR count). The van der Waals surface area contributed by atoms with Crippen LogP contribution in [0.2, 0.25) is 0 Å². The van der Waals surface area contributed by atoms with E-state index in [0.717, 1.165) is 45.4 Å². The molecule has 1 aromatic rings. The van der Waals surface area contributed by atoms with Crippen molar-refractivity contribution in [1.29, 1.82) is 0 Å². The van der Waals surface area contributed by atoms with E-state index in [9.17, 15) is 24.3 Å². The Hall–Kier alpha value is -2.84. The van der Waals surface area contributed by atoms with Gasteiger partial charge in [0.1, 0.15) is 18.6 Å². The Kier molecular flexibility index (Phi) is 7.66. The second-order valence-electron chi connectivity index (χ2n) is 12.5. The third kappa shape index (κ3) is 5.18. The van der Waals surface area contributed by atoms with E-state index in [0.29, 0.717) is 17.9 Å². The van der Waals surface area contributed by atoms with Crippen molar-refractivity contribution in [3.63, 3.8) is 0 Å². The summed E-state index contributed by atoms with van der Waals surface area (Å²) in [5.74, 6) is -2.12. The van der Waals surface area contributed by atoms with Crippen LogP contribution in [-0.2, 0) is 25.7 Å². The lowest BCUT2D eigenvalue weighted by Crippen LogP contribution is -2.62. The number of aromatic nitrogens is 4. The van der Waals surface area contributed by atoms with Gasteiger partial charge in [0, 0.05) is 42.1 Å². The maximum absolute atomic E-state index is 13.4. The number of carboxylic acid groups (broad SMARTS) is 1. The molecular weight excluding hydrogens is 548 g/mol. The van der Waals surface area contributed by atoms with E-state index in [1.807, 2.05) is 18.7 Å². The first-order valence-electron chi connectivity index (χ1n) is 14.6. The highest BCUT2D eigenvalue weighted by Gasteiger charge is 2.60. The van der Waals surface area contributed by atoms with Crippen LogP contribution in [0.15, 0.2) is 16.9 Å². The first kappa shape index (κ1) is 28.3. The number of tetrazole rings is 1. The van der Waals surface area contributed by atoms with Crippen LogP contribution in [0.3, 0.4) is 0 Å². The minimum absolute atomic E-state index is 0.0338. The standard InChI is InChI=1S/C27H38N8O5S/c1-15(9-17(36)12-34-14-30-31-32-34)20-21-16(2)23(22(26(39)40)35(21)25(20)38)41-18-10-19(29-11-18)24(37)33-8-5-27(13-33)3-6-28-7-4-27/h14-16,18-21,28-29H,3-13H2,1-2H3,(H,39,40)/t15-,16+,18-,19-,20+,21+/m0/s1. The van der Waals surface area contributed by atoms with Gasteiger partial charge in [0.05, 0.1) is 18.0 Å². The molecule has 0 saturated carbocycles. The largest absolute Gasteiger partial charge is 0.477 e. The number of hydrogen-bond donors (Lipinski definition) is 3. The zero-order chi connectivity index (χ0) is 28.9. The van der Waals surface area contributed by atoms with Gasteiger partial charge in [-0.2, -0.15) is 0 Å². The molecule has 0 unspecified atom stereocenters. The number of carbonyl (C=O) groups is 4. The number of fused-ring (bicyclic) bond motifs is 1. The summed E-state index contributed by atoms with van der Waals surface area (Å²) in [4.78, 5) is 55.7. The van der Waals surface area contributed by atoms with Crippen molar-refractivity contribution in [2.45, 2.75) is 69.8 Å². The van der Waals surface area contributed by atoms with E-state index >= 15 is 0 Å². The summed E-state index contributed by atoms with van der Waals surface area (Å²) in [6.45, 7) is 8.14. The lowest BCUT2D eigenvalue weighted by molar-refractivity contribution is -0.160. The number of carboxylic acids is 1. The van der Waals surface area contributed by atoms with Gasteiger partial charge in [-0.1, -0.05) is 13.8 Å². The van der Waals surface area contributed by atoms with Gasteiger partial charge in [0.15, 0.2) is 5.78 Å². The van der Waals surface area contributed by atoms with Crippen molar-refractivity contribution in [3.05, 3.63) is 16.9 Å². The fourth-order valence-electron chi connectivity index (χ4n) is 7.62.